The molecule has 0 aliphatic carbocycles. The van der Waals surface area contributed by atoms with Gasteiger partial charge >= 0.3 is 0 Å². The zero-order chi connectivity index (χ0) is 13.9. The van der Waals surface area contributed by atoms with E-state index in [9.17, 15) is 9.18 Å². The van der Waals surface area contributed by atoms with Crippen LogP contribution >= 0.6 is 11.6 Å². The Balaban J connectivity index is 2.87. The third kappa shape index (κ3) is 3.68. The second-order valence-corrected chi connectivity index (χ2v) is 5.09. The predicted octanol–water partition coefficient (Wildman–Crippen LogP) is 2.64. The first kappa shape index (κ1) is 14.9. The molecule has 0 aromatic heterocycles. The summed E-state index contributed by atoms with van der Waals surface area (Å²) >= 11 is 5.97. The highest BCUT2D eigenvalue weighted by Crippen LogP contribution is 2.24. The molecule has 5 heteroatoms. The van der Waals surface area contributed by atoms with Crippen molar-refractivity contribution in [2.45, 2.75) is 32.9 Å². The highest BCUT2D eigenvalue weighted by atomic mass is 35.5. The van der Waals surface area contributed by atoms with Gasteiger partial charge in [0.2, 0.25) is 5.91 Å². The van der Waals surface area contributed by atoms with E-state index in [-0.39, 0.29) is 17.8 Å². The van der Waals surface area contributed by atoms with Crippen LogP contribution in [0.3, 0.4) is 0 Å². The zero-order valence-electron chi connectivity index (χ0n) is 10.7. The van der Waals surface area contributed by atoms with Crippen LogP contribution in [-0.4, -0.2) is 11.9 Å². The van der Waals surface area contributed by atoms with Crippen molar-refractivity contribution >= 4 is 17.5 Å². The number of carbonyl (C=O) groups is 1. The number of halogens is 2. The highest BCUT2D eigenvalue weighted by Gasteiger charge is 2.22. The Hall–Kier alpha value is -1.13. The van der Waals surface area contributed by atoms with E-state index in [1.54, 1.807) is 6.07 Å². The maximum absolute atomic E-state index is 13.0. The summed E-state index contributed by atoms with van der Waals surface area (Å²) in [5, 5.41) is 3.45. The van der Waals surface area contributed by atoms with Crippen LogP contribution in [0.25, 0.3) is 0 Å². The molecule has 1 aromatic rings. The fourth-order valence-electron chi connectivity index (χ4n) is 1.81. The van der Waals surface area contributed by atoms with Crippen molar-refractivity contribution < 1.29 is 9.18 Å². The van der Waals surface area contributed by atoms with E-state index in [0.29, 0.717) is 5.02 Å². The Morgan fingerprint density at radius 2 is 2.00 bits per heavy atom. The molecule has 0 aliphatic heterocycles. The van der Waals surface area contributed by atoms with Gasteiger partial charge in [-0.25, -0.2) is 4.39 Å². The number of nitrogens with two attached hydrogens (primary N) is 1. The van der Waals surface area contributed by atoms with Crippen molar-refractivity contribution in [1.29, 1.82) is 0 Å². The van der Waals surface area contributed by atoms with Crippen LogP contribution in [0, 0.1) is 11.7 Å². The summed E-state index contributed by atoms with van der Waals surface area (Å²) in [7, 11) is 0. The van der Waals surface area contributed by atoms with E-state index >= 15 is 0 Å². The van der Waals surface area contributed by atoms with Crippen molar-refractivity contribution in [2.24, 2.45) is 11.7 Å². The van der Waals surface area contributed by atoms with E-state index in [1.165, 1.54) is 12.1 Å². The summed E-state index contributed by atoms with van der Waals surface area (Å²) < 4.78 is 13.0. The molecule has 1 amide bonds. The van der Waals surface area contributed by atoms with Gasteiger partial charge in [0.05, 0.1) is 6.04 Å². The lowest BCUT2D eigenvalue weighted by molar-refractivity contribution is -0.121. The van der Waals surface area contributed by atoms with E-state index in [0.717, 1.165) is 5.56 Å². The van der Waals surface area contributed by atoms with Gasteiger partial charge in [-0.1, -0.05) is 31.5 Å². The molecule has 0 bridgehead atoms. The maximum Gasteiger partial charge on any atom is 0.234 e. The summed E-state index contributed by atoms with van der Waals surface area (Å²) in [5.41, 5.74) is 6.07. The first-order valence-corrected chi connectivity index (χ1v) is 6.21. The maximum atomic E-state index is 13.0. The van der Waals surface area contributed by atoms with Crippen molar-refractivity contribution in [1.82, 2.24) is 5.32 Å². The molecule has 18 heavy (non-hydrogen) atoms. The van der Waals surface area contributed by atoms with Crippen LogP contribution in [-0.2, 0) is 4.79 Å². The number of carbonyl (C=O) groups excluding carboxylic acids is 1. The molecule has 0 fully saturated rings. The monoisotopic (exact) mass is 272 g/mol. The number of hydrogen-bond donors (Lipinski definition) is 2. The van der Waals surface area contributed by atoms with Crippen molar-refractivity contribution in [3.05, 3.63) is 34.6 Å². The van der Waals surface area contributed by atoms with E-state index in [1.807, 2.05) is 20.8 Å². The molecule has 100 valence electrons. The molecular weight excluding hydrogens is 255 g/mol. The Labute approximate surface area is 112 Å². The summed E-state index contributed by atoms with van der Waals surface area (Å²) in [5.74, 6) is -0.717. The topological polar surface area (TPSA) is 55.1 Å². The molecule has 1 aromatic carbocycles. The highest BCUT2D eigenvalue weighted by molar-refractivity contribution is 6.31. The van der Waals surface area contributed by atoms with Gasteiger partial charge in [-0.05, 0) is 30.5 Å². The quantitative estimate of drug-likeness (QED) is 0.866. The first-order chi connectivity index (χ1) is 8.32. The van der Waals surface area contributed by atoms with Crippen LogP contribution in [0.1, 0.15) is 32.4 Å². The third-order valence-corrected chi connectivity index (χ3v) is 3.16. The fourth-order valence-corrected chi connectivity index (χ4v) is 2.15. The zero-order valence-corrected chi connectivity index (χ0v) is 11.5. The van der Waals surface area contributed by atoms with Crippen LogP contribution in [0.15, 0.2) is 18.2 Å². The Morgan fingerprint density at radius 1 is 1.39 bits per heavy atom. The SMILES string of the molecule is CC(NC(C(N)=O)C(C)C)c1ccc(F)cc1Cl. The lowest BCUT2D eigenvalue weighted by Gasteiger charge is -2.24. The number of nitrogens with one attached hydrogen (secondary N) is 1. The van der Waals surface area contributed by atoms with Gasteiger partial charge in [-0.15, -0.1) is 0 Å². The molecular formula is C13H18ClFN2O. The number of amides is 1. The second-order valence-electron chi connectivity index (χ2n) is 4.68. The Kier molecular flexibility index (Phi) is 5.11. The summed E-state index contributed by atoms with van der Waals surface area (Å²) in [6.45, 7) is 5.67. The minimum Gasteiger partial charge on any atom is -0.368 e. The Morgan fingerprint density at radius 3 is 2.44 bits per heavy atom. The molecule has 2 unspecified atom stereocenters. The van der Waals surface area contributed by atoms with Crippen molar-refractivity contribution in [2.75, 3.05) is 0 Å². The van der Waals surface area contributed by atoms with Gasteiger partial charge in [-0.3, -0.25) is 10.1 Å². The molecule has 3 nitrogen and oxygen atoms in total. The summed E-state index contributed by atoms with van der Waals surface area (Å²) in [6.07, 6.45) is 0. The Bertz CT molecular complexity index is 437. The van der Waals surface area contributed by atoms with E-state index < -0.39 is 11.9 Å². The van der Waals surface area contributed by atoms with Crippen molar-refractivity contribution in [3.8, 4) is 0 Å². The van der Waals surface area contributed by atoms with Gasteiger partial charge in [0, 0.05) is 11.1 Å². The molecule has 0 radical (unpaired) electrons. The average Bonchev–Trinajstić information content (AvgIpc) is 2.24. The molecule has 0 saturated heterocycles. The lowest BCUT2D eigenvalue weighted by atomic mass is 10.0. The molecule has 0 saturated carbocycles. The van der Waals surface area contributed by atoms with Gasteiger partial charge < -0.3 is 5.73 Å². The number of benzene rings is 1. The molecule has 0 spiro atoms. The summed E-state index contributed by atoms with van der Waals surface area (Å²) in [6, 6.07) is 3.57. The molecule has 0 heterocycles. The minimum atomic E-state index is -0.443. The van der Waals surface area contributed by atoms with Gasteiger partial charge in [-0.2, -0.15) is 0 Å². The first-order valence-electron chi connectivity index (χ1n) is 5.83. The van der Waals surface area contributed by atoms with Gasteiger partial charge in [0.15, 0.2) is 0 Å². The minimum absolute atomic E-state index is 0.0733. The third-order valence-electron chi connectivity index (χ3n) is 2.83. The van der Waals surface area contributed by atoms with Crippen LogP contribution in [0.5, 0.6) is 0 Å². The number of rotatable bonds is 5. The predicted molar refractivity (Wildman–Crippen MR) is 70.8 cm³/mol. The number of hydrogen-bond acceptors (Lipinski definition) is 2. The second kappa shape index (κ2) is 6.16. The normalized spacial score (nSPS) is 14.6. The largest absolute Gasteiger partial charge is 0.368 e. The van der Waals surface area contributed by atoms with Gasteiger partial charge in [0.25, 0.3) is 0 Å². The van der Waals surface area contributed by atoms with Gasteiger partial charge in [0.1, 0.15) is 5.82 Å². The van der Waals surface area contributed by atoms with E-state index in [2.05, 4.69) is 5.32 Å². The fraction of sp³-hybridized carbons (Fsp3) is 0.462. The summed E-state index contributed by atoms with van der Waals surface area (Å²) in [4.78, 5) is 11.3. The average molecular weight is 273 g/mol. The smallest absolute Gasteiger partial charge is 0.234 e. The van der Waals surface area contributed by atoms with Crippen LogP contribution in [0.2, 0.25) is 5.02 Å². The van der Waals surface area contributed by atoms with Crippen molar-refractivity contribution in [3.63, 3.8) is 0 Å². The standard InChI is InChI=1S/C13H18ClFN2O/c1-7(2)12(13(16)18)17-8(3)10-5-4-9(15)6-11(10)14/h4-8,12,17H,1-3H3,(H2,16,18). The molecule has 2 atom stereocenters. The molecule has 3 N–H and O–H groups in total. The number of primary amides is 1. The molecule has 0 aliphatic rings. The van der Waals surface area contributed by atoms with E-state index in [4.69, 9.17) is 17.3 Å². The lowest BCUT2D eigenvalue weighted by Crippen LogP contribution is -2.45. The van der Waals surface area contributed by atoms with Crippen LogP contribution in [0.4, 0.5) is 4.39 Å². The van der Waals surface area contributed by atoms with Crippen LogP contribution < -0.4 is 11.1 Å². The molecule has 1 rings (SSSR count).